The summed E-state index contributed by atoms with van der Waals surface area (Å²) in [5.41, 5.74) is 2.71. The third kappa shape index (κ3) is 5.94. The zero-order valence-corrected chi connectivity index (χ0v) is 19.1. The van der Waals surface area contributed by atoms with E-state index < -0.39 is 12.1 Å². The van der Waals surface area contributed by atoms with Crippen LogP contribution in [-0.2, 0) is 4.79 Å². The molecule has 5 rings (SSSR count). The molecular formula is C26H25F3N2O2S. The number of piperidine rings is 1. The Hall–Kier alpha value is -2.94. The SMILES string of the molecule is O=C(O)C(F)(F)F.c1ccc2cc(C(NC3CCNCC3)c3ccc4sccc4c3)ccc2c1. The third-order valence-corrected chi connectivity index (χ3v) is 6.80. The molecule has 0 radical (unpaired) electrons. The quantitative estimate of drug-likeness (QED) is 0.325. The lowest BCUT2D eigenvalue weighted by atomic mass is 9.93. The number of nitrogens with one attached hydrogen (secondary N) is 2. The van der Waals surface area contributed by atoms with Crippen LogP contribution in [0.5, 0.6) is 0 Å². The molecule has 8 heteroatoms. The van der Waals surface area contributed by atoms with Crippen LogP contribution in [0.1, 0.15) is 30.0 Å². The van der Waals surface area contributed by atoms with E-state index in [1.807, 2.05) is 11.3 Å². The molecule has 0 saturated carbocycles. The summed E-state index contributed by atoms with van der Waals surface area (Å²) < 4.78 is 33.1. The Morgan fingerprint density at radius 3 is 2.24 bits per heavy atom. The zero-order valence-electron chi connectivity index (χ0n) is 18.3. The van der Waals surface area contributed by atoms with Crippen molar-refractivity contribution in [2.75, 3.05) is 13.1 Å². The fraction of sp³-hybridized carbons (Fsp3) is 0.269. The van der Waals surface area contributed by atoms with Crippen LogP contribution in [0, 0.1) is 0 Å². The molecule has 1 atom stereocenters. The van der Waals surface area contributed by atoms with Gasteiger partial charge in [0.2, 0.25) is 0 Å². The van der Waals surface area contributed by atoms with Crippen LogP contribution >= 0.6 is 11.3 Å². The van der Waals surface area contributed by atoms with E-state index in [9.17, 15) is 13.2 Å². The number of rotatable bonds is 4. The van der Waals surface area contributed by atoms with Gasteiger partial charge in [0.05, 0.1) is 6.04 Å². The highest BCUT2D eigenvalue weighted by Gasteiger charge is 2.38. The maximum Gasteiger partial charge on any atom is 0.490 e. The van der Waals surface area contributed by atoms with Gasteiger partial charge in [-0.15, -0.1) is 11.3 Å². The van der Waals surface area contributed by atoms with Gasteiger partial charge in [0.1, 0.15) is 0 Å². The maximum atomic E-state index is 10.6. The zero-order chi connectivity index (χ0) is 24.1. The third-order valence-electron chi connectivity index (χ3n) is 5.90. The molecule has 3 aromatic carbocycles. The summed E-state index contributed by atoms with van der Waals surface area (Å²) in [7, 11) is 0. The van der Waals surface area contributed by atoms with Crippen molar-refractivity contribution in [1.82, 2.24) is 10.6 Å². The molecule has 3 N–H and O–H groups in total. The standard InChI is InChI=1S/C24H24N2S.C2HF3O2/c1-2-4-18-15-20(6-5-17(18)3-1)24(26-22-9-12-25-13-10-22)21-7-8-23-19(16-21)11-14-27-23;3-2(4,5)1(6)7/h1-8,11,14-16,22,24-26H,9-10,12-13H2;(H,6,7). The first kappa shape index (κ1) is 24.2. The Balaban J connectivity index is 0.000000344. The summed E-state index contributed by atoms with van der Waals surface area (Å²) in [5, 5.41) is 20.7. The number of aliphatic carboxylic acids is 1. The van der Waals surface area contributed by atoms with Crippen LogP contribution in [0.2, 0.25) is 0 Å². The largest absolute Gasteiger partial charge is 0.490 e. The lowest BCUT2D eigenvalue weighted by Gasteiger charge is -2.30. The summed E-state index contributed by atoms with van der Waals surface area (Å²) in [6.45, 7) is 2.21. The number of hydrogen-bond donors (Lipinski definition) is 3. The van der Waals surface area contributed by atoms with E-state index in [1.165, 1.54) is 44.8 Å². The molecule has 0 amide bonds. The van der Waals surface area contributed by atoms with Gasteiger partial charge in [0, 0.05) is 10.7 Å². The number of alkyl halides is 3. The molecule has 2 heterocycles. The number of halogens is 3. The topological polar surface area (TPSA) is 61.4 Å². The highest BCUT2D eigenvalue weighted by molar-refractivity contribution is 7.17. The molecule has 0 bridgehead atoms. The highest BCUT2D eigenvalue weighted by atomic mass is 32.1. The van der Waals surface area contributed by atoms with Crippen molar-refractivity contribution >= 4 is 38.2 Å². The highest BCUT2D eigenvalue weighted by Crippen LogP contribution is 2.30. The Labute approximate surface area is 199 Å². The first-order chi connectivity index (χ1) is 16.3. The van der Waals surface area contributed by atoms with E-state index in [4.69, 9.17) is 9.90 Å². The molecule has 0 spiro atoms. The summed E-state index contributed by atoms with van der Waals surface area (Å²) in [4.78, 5) is 8.90. The minimum atomic E-state index is -5.08. The van der Waals surface area contributed by atoms with Gasteiger partial charge in [-0.25, -0.2) is 4.79 Å². The monoisotopic (exact) mass is 486 g/mol. The van der Waals surface area contributed by atoms with Crippen molar-refractivity contribution in [3.8, 4) is 0 Å². The summed E-state index contributed by atoms with van der Waals surface area (Å²) >= 11 is 1.81. The Bertz CT molecular complexity index is 1270. The normalized spacial score (nSPS) is 15.6. The smallest absolute Gasteiger partial charge is 0.475 e. The number of carboxylic acids is 1. The van der Waals surface area contributed by atoms with Gasteiger partial charge >= 0.3 is 12.1 Å². The second-order valence-electron chi connectivity index (χ2n) is 8.25. The van der Waals surface area contributed by atoms with Crippen molar-refractivity contribution in [3.05, 3.63) is 83.2 Å². The first-order valence-electron chi connectivity index (χ1n) is 11.0. The van der Waals surface area contributed by atoms with Crippen molar-refractivity contribution in [2.45, 2.75) is 31.1 Å². The number of hydrogen-bond acceptors (Lipinski definition) is 4. The summed E-state index contributed by atoms with van der Waals surface area (Å²) in [6.07, 6.45) is -2.71. The van der Waals surface area contributed by atoms with Crippen LogP contribution in [-0.4, -0.2) is 36.4 Å². The molecule has 178 valence electrons. The lowest BCUT2D eigenvalue weighted by Crippen LogP contribution is -2.41. The fourth-order valence-electron chi connectivity index (χ4n) is 4.16. The summed E-state index contributed by atoms with van der Waals surface area (Å²) in [5.74, 6) is -2.76. The molecule has 1 fully saturated rings. The van der Waals surface area contributed by atoms with Gasteiger partial charge in [0.25, 0.3) is 0 Å². The van der Waals surface area contributed by atoms with Crippen molar-refractivity contribution < 1.29 is 23.1 Å². The molecule has 4 aromatic rings. The predicted molar refractivity (Wildman–Crippen MR) is 130 cm³/mol. The second kappa shape index (κ2) is 10.5. The van der Waals surface area contributed by atoms with E-state index in [0.29, 0.717) is 6.04 Å². The minimum absolute atomic E-state index is 0.224. The first-order valence-corrected chi connectivity index (χ1v) is 11.9. The lowest BCUT2D eigenvalue weighted by molar-refractivity contribution is -0.192. The van der Waals surface area contributed by atoms with Gasteiger partial charge in [-0.1, -0.05) is 42.5 Å². The average Bonchev–Trinajstić information content (AvgIpc) is 3.31. The molecule has 34 heavy (non-hydrogen) atoms. The van der Waals surface area contributed by atoms with Crippen LogP contribution in [0.25, 0.3) is 20.9 Å². The number of carbonyl (C=O) groups is 1. The number of carboxylic acid groups (broad SMARTS) is 1. The average molecular weight is 487 g/mol. The molecular weight excluding hydrogens is 461 g/mol. The van der Waals surface area contributed by atoms with Gasteiger partial charge < -0.3 is 15.7 Å². The second-order valence-corrected chi connectivity index (χ2v) is 9.20. The van der Waals surface area contributed by atoms with Crippen LogP contribution in [0.4, 0.5) is 13.2 Å². The van der Waals surface area contributed by atoms with Crippen LogP contribution in [0.3, 0.4) is 0 Å². The molecule has 1 saturated heterocycles. The van der Waals surface area contributed by atoms with Crippen LogP contribution < -0.4 is 10.6 Å². The van der Waals surface area contributed by atoms with Gasteiger partial charge in [-0.05, 0) is 82.9 Å². The molecule has 1 aliphatic heterocycles. The minimum Gasteiger partial charge on any atom is -0.475 e. The van der Waals surface area contributed by atoms with Gasteiger partial charge in [-0.2, -0.15) is 13.2 Å². The van der Waals surface area contributed by atoms with Gasteiger partial charge in [-0.3, -0.25) is 0 Å². The predicted octanol–water partition coefficient (Wildman–Crippen LogP) is 6.12. The van der Waals surface area contributed by atoms with E-state index >= 15 is 0 Å². The fourth-order valence-corrected chi connectivity index (χ4v) is 4.93. The van der Waals surface area contributed by atoms with Gasteiger partial charge in [0.15, 0.2) is 0 Å². The van der Waals surface area contributed by atoms with Crippen molar-refractivity contribution in [3.63, 3.8) is 0 Å². The van der Waals surface area contributed by atoms with Crippen molar-refractivity contribution in [1.29, 1.82) is 0 Å². The molecule has 0 aliphatic carbocycles. The van der Waals surface area contributed by atoms with E-state index in [-0.39, 0.29) is 6.04 Å². The van der Waals surface area contributed by atoms with E-state index in [1.54, 1.807) is 0 Å². The number of benzene rings is 3. The van der Waals surface area contributed by atoms with Crippen molar-refractivity contribution in [2.24, 2.45) is 0 Å². The summed E-state index contributed by atoms with van der Waals surface area (Å²) in [6, 6.07) is 25.5. The molecule has 1 unspecified atom stereocenters. The van der Waals surface area contributed by atoms with E-state index in [2.05, 4.69) is 82.7 Å². The maximum absolute atomic E-state index is 10.6. The molecule has 1 aliphatic rings. The van der Waals surface area contributed by atoms with Crippen LogP contribution in [0.15, 0.2) is 72.1 Å². The molecule has 1 aromatic heterocycles. The van der Waals surface area contributed by atoms with E-state index in [0.717, 1.165) is 13.1 Å². The Kier molecular flexibility index (Phi) is 7.50. The number of fused-ring (bicyclic) bond motifs is 2. The Morgan fingerprint density at radius 1 is 0.941 bits per heavy atom. The Morgan fingerprint density at radius 2 is 1.56 bits per heavy atom. The molecule has 4 nitrogen and oxygen atoms in total. The number of thiophene rings is 1.